The van der Waals surface area contributed by atoms with Crippen molar-refractivity contribution < 1.29 is 0 Å². The van der Waals surface area contributed by atoms with Crippen molar-refractivity contribution in [2.75, 3.05) is 0 Å². The van der Waals surface area contributed by atoms with Crippen LogP contribution < -0.4 is 0 Å². The lowest BCUT2D eigenvalue weighted by Gasteiger charge is -2.23. The largest absolute Gasteiger partial charge is 0.311 e. The molecule has 1 aliphatic rings. The van der Waals surface area contributed by atoms with Gasteiger partial charge in [-0.3, -0.25) is 0 Å². The maximum Gasteiger partial charge on any atom is 0.101 e. The second-order valence-electron chi connectivity index (χ2n) is 12.8. The van der Waals surface area contributed by atoms with E-state index in [4.69, 9.17) is 0 Å². The summed E-state index contributed by atoms with van der Waals surface area (Å²) in [5.41, 5.74) is 12.5. The van der Waals surface area contributed by atoms with Gasteiger partial charge in [0.1, 0.15) is 6.07 Å². The minimum atomic E-state index is 0.269. The molecular weight excluding hydrogens is 597 g/mol. The Morgan fingerprint density at radius 2 is 1.14 bits per heavy atom. The number of benzene rings is 6. The van der Waals surface area contributed by atoms with Crippen molar-refractivity contribution >= 4 is 38.8 Å². The van der Waals surface area contributed by atoms with Gasteiger partial charge in [-0.25, -0.2) is 0 Å². The molecule has 1 atom stereocenters. The average Bonchev–Trinajstić information content (AvgIpc) is 3.68. The molecule has 1 unspecified atom stereocenters. The van der Waals surface area contributed by atoms with Crippen molar-refractivity contribution in [1.82, 2.24) is 9.13 Å². The highest BCUT2D eigenvalue weighted by atomic mass is 15.0. The van der Waals surface area contributed by atoms with E-state index < -0.39 is 0 Å². The predicted molar refractivity (Wildman–Crippen MR) is 200 cm³/mol. The van der Waals surface area contributed by atoms with Gasteiger partial charge in [0, 0.05) is 50.1 Å². The molecule has 6 aromatic carbocycles. The highest BCUT2D eigenvalue weighted by molar-refractivity contribution is 6.09. The highest BCUT2D eigenvalue weighted by Gasteiger charge is 2.27. The van der Waals surface area contributed by atoms with Gasteiger partial charge in [-0.1, -0.05) is 110 Å². The van der Waals surface area contributed by atoms with Gasteiger partial charge >= 0.3 is 0 Å². The standard InChI is InChI=1S/C45H30N4/c1-29-11-8-18-38-36-16-4-7-22-42(36)49(44(29)38)45-32(28-47)13-10-19-39(45)37-17-9-12-31(27-46)43(37)30-23-25-33(26-24-30)48-40-20-5-2-14-34(40)35-15-3-6-21-41(35)48/h2-10,12-26,29H,11H2,1H3. The number of rotatable bonds is 4. The zero-order valence-corrected chi connectivity index (χ0v) is 26.9. The normalized spacial score (nSPS) is 13.8. The van der Waals surface area contributed by atoms with E-state index in [-0.39, 0.29) is 5.92 Å². The molecule has 0 amide bonds. The second-order valence-corrected chi connectivity index (χ2v) is 12.8. The average molecular weight is 627 g/mol. The van der Waals surface area contributed by atoms with Crippen molar-refractivity contribution in [3.8, 4) is 45.8 Å². The van der Waals surface area contributed by atoms with Crippen LogP contribution in [0.2, 0.25) is 0 Å². The number of para-hydroxylation sites is 4. The first-order valence-corrected chi connectivity index (χ1v) is 16.6. The zero-order valence-electron chi connectivity index (χ0n) is 26.9. The molecule has 0 radical (unpaired) electrons. The van der Waals surface area contributed by atoms with Crippen LogP contribution in [0.5, 0.6) is 0 Å². The number of nitrogens with zero attached hydrogens (tertiary/aromatic N) is 4. The molecule has 4 nitrogen and oxygen atoms in total. The Bertz CT molecular complexity index is 2670. The van der Waals surface area contributed by atoms with E-state index in [2.05, 4.69) is 150 Å². The van der Waals surface area contributed by atoms with Crippen molar-refractivity contribution in [1.29, 1.82) is 10.5 Å². The van der Waals surface area contributed by atoms with Crippen LogP contribution in [0, 0.1) is 22.7 Å². The van der Waals surface area contributed by atoms with E-state index >= 15 is 0 Å². The van der Waals surface area contributed by atoms with Crippen molar-refractivity contribution in [2.24, 2.45) is 0 Å². The number of fused-ring (bicyclic) bond motifs is 6. The number of hydrogen-bond donors (Lipinski definition) is 0. The zero-order chi connectivity index (χ0) is 33.1. The fourth-order valence-electron chi connectivity index (χ4n) is 7.94. The Kier molecular flexibility index (Phi) is 6.57. The molecule has 8 aromatic rings. The third-order valence-corrected chi connectivity index (χ3v) is 10.0. The Labute approximate surface area is 284 Å². The van der Waals surface area contributed by atoms with Gasteiger partial charge in [-0.15, -0.1) is 0 Å². The lowest BCUT2D eigenvalue weighted by Crippen LogP contribution is -2.10. The summed E-state index contributed by atoms with van der Waals surface area (Å²) < 4.78 is 4.61. The van der Waals surface area contributed by atoms with Crippen LogP contribution in [0.1, 0.15) is 41.6 Å². The fraction of sp³-hybridized carbons (Fsp3) is 0.0667. The lowest BCUT2D eigenvalue weighted by molar-refractivity contribution is 0.723. The molecule has 4 heteroatoms. The fourth-order valence-corrected chi connectivity index (χ4v) is 7.94. The van der Waals surface area contributed by atoms with Gasteiger partial charge < -0.3 is 9.13 Å². The smallest absolute Gasteiger partial charge is 0.101 e. The van der Waals surface area contributed by atoms with E-state index in [1.165, 1.54) is 27.4 Å². The molecule has 0 aliphatic heterocycles. The van der Waals surface area contributed by atoms with E-state index in [1.54, 1.807) is 0 Å². The molecule has 0 bridgehead atoms. The van der Waals surface area contributed by atoms with Gasteiger partial charge in [0.15, 0.2) is 0 Å². The van der Waals surface area contributed by atoms with E-state index in [1.807, 2.05) is 24.3 Å². The minimum Gasteiger partial charge on any atom is -0.311 e. The van der Waals surface area contributed by atoms with Gasteiger partial charge in [0.05, 0.1) is 39.4 Å². The first-order valence-electron chi connectivity index (χ1n) is 16.6. The second kappa shape index (κ2) is 11.3. The molecule has 0 spiro atoms. The quantitative estimate of drug-likeness (QED) is 0.195. The SMILES string of the molecule is CC1CC=Cc2c1n(-c1c(C#N)cccc1-c1cccc(C#N)c1-c1ccc(-n3c4ccccc4c4ccccc43)cc1)c1ccccc21. The molecule has 2 heterocycles. The number of nitriles is 2. The molecule has 230 valence electrons. The predicted octanol–water partition coefficient (Wildman–Crippen LogP) is 11.3. The third kappa shape index (κ3) is 4.28. The Balaban J connectivity index is 1.28. The van der Waals surface area contributed by atoms with Gasteiger partial charge in [-0.05, 0) is 60.0 Å². The monoisotopic (exact) mass is 626 g/mol. The van der Waals surface area contributed by atoms with Crippen LogP contribution in [0.3, 0.4) is 0 Å². The lowest BCUT2D eigenvalue weighted by atomic mass is 9.88. The number of allylic oxidation sites excluding steroid dienone is 1. The number of aromatic nitrogens is 2. The molecule has 9 rings (SSSR count). The van der Waals surface area contributed by atoms with Crippen LogP contribution in [0.4, 0.5) is 0 Å². The summed E-state index contributed by atoms with van der Waals surface area (Å²) in [6, 6.07) is 50.8. The maximum atomic E-state index is 10.6. The summed E-state index contributed by atoms with van der Waals surface area (Å²) in [6.45, 7) is 2.26. The van der Waals surface area contributed by atoms with Crippen molar-refractivity contribution in [2.45, 2.75) is 19.3 Å². The Hall–Kier alpha value is -6.62. The van der Waals surface area contributed by atoms with Gasteiger partial charge in [-0.2, -0.15) is 10.5 Å². The molecule has 0 N–H and O–H groups in total. The topological polar surface area (TPSA) is 57.4 Å². The first kappa shape index (κ1) is 28.6. The Morgan fingerprint density at radius 1 is 0.571 bits per heavy atom. The number of hydrogen-bond acceptors (Lipinski definition) is 2. The van der Waals surface area contributed by atoms with E-state index in [9.17, 15) is 10.5 Å². The van der Waals surface area contributed by atoms with Gasteiger partial charge in [0.25, 0.3) is 0 Å². The van der Waals surface area contributed by atoms with E-state index in [0.717, 1.165) is 56.6 Å². The molecule has 0 fully saturated rings. The van der Waals surface area contributed by atoms with Gasteiger partial charge in [0.2, 0.25) is 0 Å². The van der Waals surface area contributed by atoms with Crippen LogP contribution in [-0.2, 0) is 0 Å². The molecule has 2 aromatic heterocycles. The van der Waals surface area contributed by atoms with Crippen LogP contribution in [0.15, 0.2) is 140 Å². The highest BCUT2D eigenvalue weighted by Crippen LogP contribution is 2.45. The molecule has 1 aliphatic carbocycles. The summed E-state index contributed by atoms with van der Waals surface area (Å²) in [5.74, 6) is 0.269. The van der Waals surface area contributed by atoms with Crippen LogP contribution in [-0.4, -0.2) is 9.13 Å². The third-order valence-electron chi connectivity index (χ3n) is 10.0. The minimum absolute atomic E-state index is 0.269. The molecular formula is C45H30N4. The maximum absolute atomic E-state index is 10.6. The summed E-state index contributed by atoms with van der Waals surface area (Å²) in [5, 5.41) is 24.6. The Morgan fingerprint density at radius 3 is 1.80 bits per heavy atom. The summed E-state index contributed by atoms with van der Waals surface area (Å²) in [6.07, 6.45) is 5.41. The molecule has 49 heavy (non-hydrogen) atoms. The molecule has 0 saturated carbocycles. The van der Waals surface area contributed by atoms with Crippen molar-refractivity contribution in [3.05, 3.63) is 162 Å². The molecule has 0 saturated heterocycles. The van der Waals surface area contributed by atoms with Crippen molar-refractivity contribution in [3.63, 3.8) is 0 Å². The summed E-state index contributed by atoms with van der Waals surface area (Å²) >= 11 is 0. The first-order chi connectivity index (χ1) is 24.2. The summed E-state index contributed by atoms with van der Waals surface area (Å²) in [7, 11) is 0. The van der Waals surface area contributed by atoms with Crippen LogP contribution in [0.25, 0.3) is 72.4 Å². The van der Waals surface area contributed by atoms with Crippen LogP contribution >= 0.6 is 0 Å². The summed E-state index contributed by atoms with van der Waals surface area (Å²) in [4.78, 5) is 0. The van der Waals surface area contributed by atoms with E-state index in [0.29, 0.717) is 11.1 Å².